The van der Waals surface area contributed by atoms with Crippen LogP contribution in [0.3, 0.4) is 0 Å². The van der Waals surface area contributed by atoms with E-state index < -0.39 is 0 Å². The second-order valence-corrected chi connectivity index (χ2v) is 5.71. The Kier molecular flexibility index (Phi) is 3.38. The first-order chi connectivity index (χ1) is 9.24. The molecule has 0 spiro atoms. The molecule has 0 N–H and O–H groups in total. The minimum absolute atomic E-state index is 0.0663. The molecule has 0 bridgehead atoms. The van der Waals surface area contributed by atoms with Gasteiger partial charge in [0.15, 0.2) is 0 Å². The van der Waals surface area contributed by atoms with Crippen molar-refractivity contribution in [1.82, 2.24) is 4.57 Å². The van der Waals surface area contributed by atoms with Crippen LogP contribution in [-0.4, -0.2) is 4.57 Å². The van der Waals surface area contributed by atoms with Crippen LogP contribution in [-0.2, 0) is 6.54 Å². The van der Waals surface area contributed by atoms with Crippen LogP contribution in [0.25, 0.3) is 10.8 Å². The van der Waals surface area contributed by atoms with Crippen LogP contribution in [0.4, 0.5) is 0 Å². The van der Waals surface area contributed by atoms with Crippen molar-refractivity contribution >= 4 is 33.4 Å². The van der Waals surface area contributed by atoms with E-state index in [1.54, 1.807) is 4.57 Å². The summed E-state index contributed by atoms with van der Waals surface area (Å²) < 4.78 is 2.96. The maximum Gasteiger partial charge on any atom is 0.258 e. The van der Waals surface area contributed by atoms with Gasteiger partial charge in [-0.05, 0) is 57.8 Å². The average Bonchev–Trinajstić information content (AvgIpc) is 2.45. The number of aromatic nitrogens is 1. The number of nitrogens with zero attached hydrogens (tertiary/aromatic N) is 1. The Balaban J connectivity index is 2.04. The fraction of sp³-hybridized carbons (Fsp3) is 0.0625. The van der Waals surface area contributed by atoms with Crippen molar-refractivity contribution in [2.75, 3.05) is 0 Å². The molecule has 1 heterocycles. The zero-order valence-electron chi connectivity index (χ0n) is 10.2. The highest BCUT2D eigenvalue weighted by molar-refractivity contribution is 14.1. The van der Waals surface area contributed by atoms with Crippen molar-refractivity contribution in [3.8, 4) is 0 Å². The Bertz CT molecular complexity index is 775. The van der Waals surface area contributed by atoms with Crippen LogP contribution >= 0.6 is 22.6 Å². The van der Waals surface area contributed by atoms with Gasteiger partial charge in [0.05, 0.1) is 6.54 Å². The van der Waals surface area contributed by atoms with Crippen molar-refractivity contribution < 1.29 is 0 Å². The third-order valence-corrected chi connectivity index (χ3v) is 3.87. The number of hydrogen-bond acceptors (Lipinski definition) is 1. The Morgan fingerprint density at radius 1 is 0.947 bits per heavy atom. The van der Waals surface area contributed by atoms with Crippen LogP contribution in [0.2, 0.25) is 0 Å². The highest BCUT2D eigenvalue weighted by Crippen LogP contribution is 2.10. The SMILES string of the molecule is O=c1c2ccccc2ccn1Cc1ccc(I)cc1. The summed E-state index contributed by atoms with van der Waals surface area (Å²) in [7, 11) is 0. The first-order valence-corrected chi connectivity index (χ1v) is 7.14. The van der Waals surface area contributed by atoms with Gasteiger partial charge in [-0.3, -0.25) is 4.79 Å². The molecule has 0 radical (unpaired) electrons. The lowest BCUT2D eigenvalue weighted by Gasteiger charge is -2.07. The van der Waals surface area contributed by atoms with Gasteiger partial charge >= 0.3 is 0 Å². The molecule has 3 rings (SSSR count). The Hall–Kier alpha value is -1.62. The van der Waals surface area contributed by atoms with Crippen molar-refractivity contribution in [2.45, 2.75) is 6.54 Å². The van der Waals surface area contributed by atoms with Crippen LogP contribution < -0.4 is 5.56 Å². The first kappa shape index (κ1) is 12.4. The number of halogens is 1. The van der Waals surface area contributed by atoms with E-state index in [-0.39, 0.29) is 5.56 Å². The average molecular weight is 361 g/mol. The topological polar surface area (TPSA) is 22.0 Å². The second-order valence-electron chi connectivity index (χ2n) is 4.46. The van der Waals surface area contributed by atoms with Crippen molar-refractivity contribution in [2.24, 2.45) is 0 Å². The maximum atomic E-state index is 12.4. The molecule has 0 fully saturated rings. The van der Waals surface area contributed by atoms with E-state index in [1.807, 2.05) is 36.5 Å². The summed E-state index contributed by atoms with van der Waals surface area (Å²) in [4.78, 5) is 12.4. The molecule has 3 heteroatoms. The second kappa shape index (κ2) is 5.17. The van der Waals surface area contributed by atoms with Gasteiger partial charge in [0.25, 0.3) is 5.56 Å². The van der Waals surface area contributed by atoms with E-state index in [4.69, 9.17) is 0 Å². The summed E-state index contributed by atoms with van der Waals surface area (Å²) in [5, 5.41) is 1.77. The number of rotatable bonds is 2. The Labute approximate surface area is 124 Å². The van der Waals surface area contributed by atoms with Crippen LogP contribution in [0, 0.1) is 3.57 Å². The minimum atomic E-state index is 0.0663. The van der Waals surface area contributed by atoms with E-state index >= 15 is 0 Å². The lowest BCUT2D eigenvalue weighted by Crippen LogP contribution is -2.19. The van der Waals surface area contributed by atoms with Crippen molar-refractivity contribution in [3.63, 3.8) is 0 Å². The summed E-state index contributed by atoms with van der Waals surface area (Å²) in [6.07, 6.45) is 1.86. The highest BCUT2D eigenvalue weighted by Gasteiger charge is 2.02. The molecule has 0 saturated heterocycles. The smallest absolute Gasteiger partial charge is 0.258 e. The first-order valence-electron chi connectivity index (χ1n) is 6.07. The molecule has 2 nitrogen and oxygen atoms in total. The zero-order valence-corrected chi connectivity index (χ0v) is 12.4. The van der Waals surface area contributed by atoms with Crippen molar-refractivity contribution in [3.05, 3.63) is 80.3 Å². The van der Waals surface area contributed by atoms with Gasteiger partial charge in [0, 0.05) is 15.2 Å². The van der Waals surface area contributed by atoms with Gasteiger partial charge in [-0.1, -0.05) is 30.3 Å². The van der Waals surface area contributed by atoms with Crippen LogP contribution in [0.15, 0.2) is 65.6 Å². The molecule has 19 heavy (non-hydrogen) atoms. The van der Waals surface area contributed by atoms with E-state index in [0.717, 1.165) is 16.3 Å². The third kappa shape index (κ3) is 2.56. The molecular weight excluding hydrogens is 349 g/mol. The predicted molar refractivity (Wildman–Crippen MR) is 86.5 cm³/mol. The number of pyridine rings is 1. The van der Waals surface area contributed by atoms with E-state index in [9.17, 15) is 4.79 Å². The van der Waals surface area contributed by atoms with Gasteiger partial charge in [-0.15, -0.1) is 0 Å². The minimum Gasteiger partial charge on any atom is -0.311 e. The predicted octanol–water partition coefficient (Wildman–Crippen LogP) is 3.65. The molecule has 0 saturated carbocycles. The fourth-order valence-electron chi connectivity index (χ4n) is 2.14. The van der Waals surface area contributed by atoms with Crippen molar-refractivity contribution in [1.29, 1.82) is 0 Å². The lowest BCUT2D eigenvalue weighted by atomic mass is 10.1. The molecule has 0 aliphatic heterocycles. The molecule has 0 aliphatic rings. The monoisotopic (exact) mass is 361 g/mol. The largest absolute Gasteiger partial charge is 0.311 e. The van der Waals surface area contributed by atoms with Crippen LogP contribution in [0.1, 0.15) is 5.56 Å². The van der Waals surface area contributed by atoms with E-state index in [1.165, 1.54) is 3.57 Å². The van der Waals surface area contributed by atoms with Gasteiger partial charge in [-0.2, -0.15) is 0 Å². The Morgan fingerprint density at radius 2 is 1.68 bits per heavy atom. The van der Waals surface area contributed by atoms with Gasteiger partial charge in [0.2, 0.25) is 0 Å². The molecule has 0 aliphatic carbocycles. The maximum absolute atomic E-state index is 12.4. The molecule has 94 valence electrons. The number of hydrogen-bond donors (Lipinski definition) is 0. The summed E-state index contributed by atoms with van der Waals surface area (Å²) >= 11 is 2.28. The lowest BCUT2D eigenvalue weighted by molar-refractivity contribution is 0.768. The van der Waals surface area contributed by atoms with Gasteiger partial charge < -0.3 is 4.57 Å². The molecule has 0 amide bonds. The van der Waals surface area contributed by atoms with Gasteiger partial charge in [-0.25, -0.2) is 0 Å². The molecule has 1 aromatic heterocycles. The van der Waals surface area contributed by atoms with E-state index in [0.29, 0.717) is 6.54 Å². The summed E-state index contributed by atoms with van der Waals surface area (Å²) in [6, 6.07) is 17.9. The highest BCUT2D eigenvalue weighted by atomic mass is 127. The number of fused-ring (bicyclic) bond motifs is 1. The summed E-state index contributed by atoms with van der Waals surface area (Å²) in [5.74, 6) is 0. The fourth-order valence-corrected chi connectivity index (χ4v) is 2.50. The number of benzene rings is 2. The molecule has 2 aromatic carbocycles. The quantitative estimate of drug-likeness (QED) is 0.639. The normalized spacial score (nSPS) is 10.8. The molecule has 3 aromatic rings. The molecule has 0 unspecified atom stereocenters. The van der Waals surface area contributed by atoms with E-state index in [2.05, 4.69) is 46.9 Å². The zero-order chi connectivity index (χ0) is 13.2. The summed E-state index contributed by atoms with van der Waals surface area (Å²) in [5.41, 5.74) is 1.20. The molecule has 0 atom stereocenters. The standard InChI is InChI=1S/C16H12INO/c17-14-7-5-12(6-8-14)11-18-10-9-13-3-1-2-4-15(13)16(18)19/h1-10H,11H2. The summed E-state index contributed by atoms with van der Waals surface area (Å²) in [6.45, 7) is 0.612. The third-order valence-electron chi connectivity index (χ3n) is 3.15. The van der Waals surface area contributed by atoms with Gasteiger partial charge in [0.1, 0.15) is 0 Å². The van der Waals surface area contributed by atoms with Crippen LogP contribution in [0.5, 0.6) is 0 Å². The molecular formula is C16H12INO. The Morgan fingerprint density at radius 3 is 2.47 bits per heavy atom.